The lowest BCUT2D eigenvalue weighted by atomic mass is 9.73. The van der Waals surface area contributed by atoms with Crippen LogP contribution < -0.4 is 5.73 Å². The number of carbonyl (C=O) groups is 1. The molecule has 0 bridgehead atoms. The maximum Gasteiger partial charge on any atom is 0.313 e. The van der Waals surface area contributed by atoms with Gasteiger partial charge in [-0.25, -0.2) is 0 Å². The van der Waals surface area contributed by atoms with Crippen LogP contribution in [0.2, 0.25) is 0 Å². The summed E-state index contributed by atoms with van der Waals surface area (Å²) < 4.78 is 5.17. The minimum atomic E-state index is -0.481. The summed E-state index contributed by atoms with van der Waals surface area (Å²) in [6.07, 6.45) is 4.19. The van der Waals surface area contributed by atoms with Gasteiger partial charge in [-0.2, -0.15) is 0 Å². The number of unbranched alkanes of at least 4 members (excludes halogenated alkanes) is 2. The van der Waals surface area contributed by atoms with Crippen molar-refractivity contribution in [3.8, 4) is 0 Å². The number of carbonyl (C=O) groups excluding carboxylic acids is 1. The number of rotatable bonds is 8. The Bertz CT molecular complexity index is 204. The van der Waals surface area contributed by atoms with Crippen LogP contribution in [0.5, 0.6) is 0 Å². The van der Waals surface area contributed by atoms with Crippen molar-refractivity contribution in [1.29, 1.82) is 0 Å². The van der Waals surface area contributed by atoms with Crippen molar-refractivity contribution >= 4 is 5.97 Å². The summed E-state index contributed by atoms with van der Waals surface area (Å²) in [5.74, 6) is 0.108. The molecule has 0 radical (unpaired) electrons. The van der Waals surface area contributed by atoms with E-state index in [4.69, 9.17) is 10.5 Å². The van der Waals surface area contributed by atoms with Crippen molar-refractivity contribution in [3.05, 3.63) is 0 Å². The largest absolute Gasteiger partial charge is 0.466 e. The molecule has 0 rings (SSSR count). The fourth-order valence-electron chi connectivity index (χ4n) is 2.01. The SMILES string of the molecule is CCCCCC(CN)(C(=O)OCC)C(C)C. The highest BCUT2D eigenvalue weighted by atomic mass is 16.5. The summed E-state index contributed by atoms with van der Waals surface area (Å²) in [6.45, 7) is 8.91. The average Bonchev–Trinajstić information content (AvgIpc) is 2.24. The first-order chi connectivity index (χ1) is 7.55. The maximum atomic E-state index is 12.0. The molecule has 3 nitrogen and oxygen atoms in total. The fourth-order valence-corrected chi connectivity index (χ4v) is 2.01. The Morgan fingerprint density at radius 1 is 1.31 bits per heavy atom. The molecule has 0 aliphatic carbocycles. The van der Waals surface area contributed by atoms with Crippen molar-refractivity contribution in [2.45, 2.75) is 53.4 Å². The summed E-state index contributed by atoms with van der Waals surface area (Å²) in [7, 11) is 0. The lowest BCUT2D eigenvalue weighted by molar-refractivity contribution is -0.158. The van der Waals surface area contributed by atoms with Crippen molar-refractivity contribution in [3.63, 3.8) is 0 Å². The Kier molecular flexibility index (Phi) is 7.39. The highest BCUT2D eigenvalue weighted by Crippen LogP contribution is 2.34. The van der Waals surface area contributed by atoms with E-state index in [9.17, 15) is 4.79 Å². The number of ether oxygens (including phenoxy) is 1. The molecule has 0 heterocycles. The van der Waals surface area contributed by atoms with E-state index in [0.29, 0.717) is 13.2 Å². The van der Waals surface area contributed by atoms with Crippen molar-refractivity contribution < 1.29 is 9.53 Å². The quantitative estimate of drug-likeness (QED) is 0.514. The van der Waals surface area contributed by atoms with E-state index in [0.717, 1.165) is 25.7 Å². The van der Waals surface area contributed by atoms with E-state index in [1.807, 2.05) is 6.92 Å². The molecule has 0 spiro atoms. The monoisotopic (exact) mass is 229 g/mol. The molecule has 0 aromatic rings. The Morgan fingerprint density at radius 3 is 2.31 bits per heavy atom. The van der Waals surface area contributed by atoms with Crippen LogP contribution in [-0.4, -0.2) is 19.1 Å². The number of hydrogen-bond donors (Lipinski definition) is 1. The molecule has 0 aliphatic heterocycles. The summed E-state index contributed by atoms with van der Waals surface area (Å²) >= 11 is 0. The van der Waals surface area contributed by atoms with Crippen molar-refractivity contribution in [2.75, 3.05) is 13.2 Å². The highest BCUT2D eigenvalue weighted by Gasteiger charge is 2.40. The molecule has 1 unspecified atom stereocenters. The second-order valence-electron chi connectivity index (χ2n) is 4.69. The first-order valence-electron chi connectivity index (χ1n) is 6.42. The van der Waals surface area contributed by atoms with Gasteiger partial charge in [0.1, 0.15) is 0 Å². The first-order valence-corrected chi connectivity index (χ1v) is 6.42. The molecule has 16 heavy (non-hydrogen) atoms. The Labute approximate surface area is 99.7 Å². The molecular formula is C13H27NO2. The van der Waals surface area contributed by atoms with Crippen LogP contribution in [0.4, 0.5) is 0 Å². The number of hydrogen-bond acceptors (Lipinski definition) is 3. The van der Waals surface area contributed by atoms with Crippen molar-refractivity contribution in [1.82, 2.24) is 0 Å². The van der Waals surface area contributed by atoms with Gasteiger partial charge in [0, 0.05) is 6.54 Å². The van der Waals surface area contributed by atoms with E-state index in [1.54, 1.807) is 0 Å². The molecule has 3 heteroatoms. The third-order valence-electron chi connectivity index (χ3n) is 3.38. The maximum absolute atomic E-state index is 12.0. The van der Waals surface area contributed by atoms with E-state index >= 15 is 0 Å². The molecule has 0 aliphatic rings. The molecule has 0 saturated heterocycles. The summed E-state index contributed by atoms with van der Waals surface area (Å²) in [5.41, 5.74) is 5.34. The molecule has 0 saturated carbocycles. The Hall–Kier alpha value is -0.570. The van der Waals surface area contributed by atoms with Crippen LogP contribution in [0.25, 0.3) is 0 Å². The normalized spacial score (nSPS) is 14.9. The van der Waals surface area contributed by atoms with Crippen LogP contribution in [0, 0.1) is 11.3 Å². The van der Waals surface area contributed by atoms with E-state index in [2.05, 4.69) is 20.8 Å². The van der Waals surface area contributed by atoms with Gasteiger partial charge in [-0.3, -0.25) is 4.79 Å². The van der Waals surface area contributed by atoms with E-state index in [-0.39, 0.29) is 11.9 Å². The molecule has 0 amide bonds. The summed E-state index contributed by atoms with van der Waals surface area (Å²) in [4.78, 5) is 12.0. The second-order valence-corrected chi connectivity index (χ2v) is 4.69. The summed E-state index contributed by atoms with van der Waals surface area (Å²) in [6, 6.07) is 0. The zero-order chi connectivity index (χ0) is 12.6. The van der Waals surface area contributed by atoms with Gasteiger partial charge in [0.25, 0.3) is 0 Å². The van der Waals surface area contributed by atoms with E-state index < -0.39 is 5.41 Å². The van der Waals surface area contributed by atoms with Crippen molar-refractivity contribution in [2.24, 2.45) is 17.1 Å². The van der Waals surface area contributed by atoms with Gasteiger partial charge in [0.2, 0.25) is 0 Å². The van der Waals surface area contributed by atoms with E-state index in [1.165, 1.54) is 0 Å². The predicted molar refractivity (Wildman–Crippen MR) is 67.1 cm³/mol. The van der Waals surface area contributed by atoms with Crippen LogP contribution in [0.15, 0.2) is 0 Å². The molecule has 0 aromatic carbocycles. The van der Waals surface area contributed by atoms with Crippen LogP contribution >= 0.6 is 0 Å². The smallest absolute Gasteiger partial charge is 0.313 e. The molecule has 96 valence electrons. The van der Waals surface area contributed by atoms with Gasteiger partial charge < -0.3 is 10.5 Å². The zero-order valence-corrected chi connectivity index (χ0v) is 11.2. The Morgan fingerprint density at radius 2 is 1.94 bits per heavy atom. The highest BCUT2D eigenvalue weighted by molar-refractivity contribution is 5.77. The molecule has 0 aromatic heterocycles. The van der Waals surface area contributed by atoms with Gasteiger partial charge >= 0.3 is 5.97 Å². The van der Waals surface area contributed by atoms with Crippen LogP contribution in [0.3, 0.4) is 0 Å². The Balaban J connectivity index is 4.64. The fraction of sp³-hybridized carbons (Fsp3) is 0.923. The lowest BCUT2D eigenvalue weighted by Gasteiger charge is -2.34. The molecule has 0 fully saturated rings. The van der Waals surface area contributed by atoms with Gasteiger partial charge in [-0.15, -0.1) is 0 Å². The minimum absolute atomic E-state index is 0.122. The van der Waals surface area contributed by atoms with Gasteiger partial charge in [-0.05, 0) is 19.3 Å². The standard InChI is InChI=1S/C13H27NO2/c1-5-7-8-9-13(10-14,11(3)4)12(15)16-6-2/h11H,5-10,14H2,1-4H3. The average molecular weight is 229 g/mol. The van der Waals surface area contributed by atoms with Crippen LogP contribution in [0.1, 0.15) is 53.4 Å². The molecular weight excluding hydrogens is 202 g/mol. The zero-order valence-electron chi connectivity index (χ0n) is 11.2. The second kappa shape index (κ2) is 7.66. The predicted octanol–water partition coefficient (Wildman–Crippen LogP) is 2.73. The van der Waals surface area contributed by atoms with Gasteiger partial charge in [-0.1, -0.05) is 40.0 Å². The minimum Gasteiger partial charge on any atom is -0.466 e. The van der Waals surface area contributed by atoms with Gasteiger partial charge in [0.05, 0.1) is 12.0 Å². The third kappa shape index (κ3) is 3.78. The lowest BCUT2D eigenvalue weighted by Crippen LogP contribution is -2.44. The topological polar surface area (TPSA) is 52.3 Å². The first kappa shape index (κ1) is 15.4. The summed E-state index contributed by atoms with van der Waals surface area (Å²) in [5, 5.41) is 0. The van der Waals surface area contributed by atoms with Gasteiger partial charge in [0.15, 0.2) is 0 Å². The number of esters is 1. The molecule has 2 N–H and O–H groups in total. The molecule has 1 atom stereocenters. The van der Waals surface area contributed by atoms with Crippen LogP contribution in [-0.2, 0) is 9.53 Å². The number of nitrogens with two attached hydrogens (primary N) is 1. The third-order valence-corrected chi connectivity index (χ3v) is 3.38.